The second-order valence-electron chi connectivity index (χ2n) is 7.77. The van der Waals surface area contributed by atoms with Crippen molar-refractivity contribution in [2.75, 3.05) is 26.2 Å². The van der Waals surface area contributed by atoms with E-state index in [-0.39, 0.29) is 12.5 Å². The number of benzene rings is 1. The summed E-state index contributed by atoms with van der Waals surface area (Å²) in [6, 6.07) is 8.11. The average Bonchev–Trinajstić information content (AvgIpc) is 2.62. The number of hydrogen-bond acceptors (Lipinski definition) is 3. The molecule has 5 heteroatoms. The molecule has 3 aliphatic heterocycles. The second-order valence-corrected chi connectivity index (χ2v) is 7.77. The van der Waals surface area contributed by atoms with Crippen LogP contribution in [0.2, 0.25) is 0 Å². The summed E-state index contributed by atoms with van der Waals surface area (Å²) in [6.07, 6.45) is 3.93. The molecule has 1 aromatic rings. The van der Waals surface area contributed by atoms with Gasteiger partial charge in [-0.1, -0.05) is 17.7 Å². The van der Waals surface area contributed by atoms with Gasteiger partial charge in [0.05, 0.1) is 0 Å². The highest BCUT2D eigenvalue weighted by Crippen LogP contribution is 2.37. The molecule has 3 fully saturated rings. The third-order valence-corrected chi connectivity index (χ3v) is 5.92. The third-order valence-electron chi connectivity index (χ3n) is 5.92. The molecule has 0 radical (unpaired) electrons. The van der Waals surface area contributed by atoms with Crippen molar-refractivity contribution in [3.8, 4) is 5.75 Å². The lowest BCUT2D eigenvalue weighted by atomic mass is 9.76. The summed E-state index contributed by atoms with van der Waals surface area (Å²) >= 11 is 0. The van der Waals surface area contributed by atoms with Crippen LogP contribution in [-0.4, -0.2) is 53.9 Å². The quantitative estimate of drug-likeness (QED) is 0.846. The van der Waals surface area contributed by atoms with E-state index in [0.29, 0.717) is 30.2 Å². The van der Waals surface area contributed by atoms with Gasteiger partial charge in [-0.2, -0.15) is 0 Å². The number of amides is 2. The smallest absolute Gasteiger partial charge is 0.260 e. The summed E-state index contributed by atoms with van der Waals surface area (Å²) in [7, 11) is 0. The number of carbonyl (C=O) groups is 2. The Morgan fingerprint density at radius 1 is 1.20 bits per heavy atom. The Labute approximate surface area is 148 Å². The molecule has 2 bridgehead atoms. The Kier molecular flexibility index (Phi) is 4.40. The van der Waals surface area contributed by atoms with E-state index in [0.717, 1.165) is 44.6 Å². The monoisotopic (exact) mass is 342 g/mol. The normalized spacial score (nSPS) is 28.5. The van der Waals surface area contributed by atoms with Crippen LogP contribution in [0.3, 0.4) is 0 Å². The molecule has 1 aromatic carbocycles. The fraction of sp³-hybridized carbons (Fsp3) is 0.600. The molecular formula is C20H26N2O3. The number of likely N-dealkylation sites (tertiary alicyclic amines) is 1. The van der Waals surface area contributed by atoms with Gasteiger partial charge in [0.1, 0.15) is 5.75 Å². The van der Waals surface area contributed by atoms with Gasteiger partial charge in [-0.3, -0.25) is 9.59 Å². The van der Waals surface area contributed by atoms with Gasteiger partial charge >= 0.3 is 0 Å². The molecule has 0 aromatic heterocycles. The minimum absolute atomic E-state index is 0.0610. The highest BCUT2D eigenvalue weighted by atomic mass is 16.5. The topological polar surface area (TPSA) is 49.9 Å². The van der Waals surface area contributed by atoms with E-state index in [2.05, 4.69) is 4.90 Å². The lowest BCUT2D eigenvalue weighted by Gasteiger charge is -2.52. The van der Waals surface area contributed by atoms with E-state index in [1.807, 2.05) is 36.1 Å². The van der Waals surface area contributed by atoms with E-state index < -0.39 is 0 Å². The van der Waals surface area contributed by atoms with Crippen molar-refractivity contribution in [1.82, 2.24) is 9.80 Å². The van der Waals surface area contributed by atoms with Gasteiger partial charge in [0, 0.05) is 32.1 Å². The summed E-state index contributed by atoms with van der Waals surface area (Å²) in [6.45, 7) is 4.46. The van der Waals surface area contributed by atoms with Crippen molar-refractivity contribution in [1.29, 1.82) is 0 Å². The fourth-order valence-electron chi connectivity index (χ4n) is 4.68. The standard InChI is InChI=1S/C20H26N2O3/c1-14-5-7-17(8-6-14)25-13-20(24)21-10-15-9-16(12-21)18-3-2-4-19(23)22(18)11-15/h5-8,15-16,18H,2-4,9-13H2,1H3. The first kappa shape index (κ1) is 16.4. The summed E-state index contributed by atoms with van der Waals surface area (Å²) in [4.78, 5) is 28.9. The van der Waals surface area contributed by atoms with Crippen LogP contribution in [-0.2, 0) is 9.59 Å². The molecule has 3 heterocycles. The maximum absolute atomic E-state index is 12.6. The number of carbonyl (C=O) groups excluding carboxylic acids is 2. The Bertz CT molecular complexity index is 657. The molecule has 25 heavy (non-hydrogen) atoms. The molecular weight excluding hydrogens is 316 g/mol. The first-order chi connectivity index (χ1) is 12.1. The van der Waals surface area contributed by atoms with Crippen molar-refractivity contribution in [3.63, 3.8) is 0 Å². The van der Waals surface area contributed by atoms with Crippen LogP contribution in [0.5, 0.6) is 5.75 Å². The average molecular weight is 342 g/mol. The lowest BCUT2D eigenvalue weighted by molar-refractivity contribution is -0.149. The molecule has 5 nitrogen and oxygen atoms in total. The second kappa shape index (κ2) is 6.70. The molecule has 3 saturated heterocycles. The first-order valence-corrected chi connectivity index (χ1v) is 9.37. The highest BCUT2D eigenvalue weighted by Gasteiger charge is 2.44. The van der Waals surface area contributed by atoms with Crippen molar-refractivity contribution in [2.45, 2.75) is 38.6 Å². The van der Waals surface area contributed by atoms with Gasteiger partial charge in [-0.05, 0) is 50.2 Å². The van der Waals surface area contributed by atoms with E-state index in [9.17, 15) is 9.59 Å². The Balaban J connectivity index is 1.37. The number of rotatable bonds is 3. The molecule has 134 valence electrons. The zero-order valence-electron chi connectivity index (χ0n) is 14.8. The van der Waals surface area contributed by atoms with E-state index in [1.165, 1.54) is 5.56 Å². The molecule has 0 saturated carbocycles. The van der Waals surface area contributed by atoms with Crippen LogP contribution in [0.15, 0.2) is 24.3 Å². The Morgan fingerprint density at radius 3 is 2.80 bits per heavy atom. The minimum atomic E-state index is 0.0610. The minimum Gasteiger partial charge on any atom is -0.484 e. The van der Waals surface area contributed by atoms with Gasteiger partial charge in [0.15, 0.2) is 6.61 Å². The summed E-state index contributed by atoms with van der Waals surface area (Å²) in [5.74, 6) is 1.96. The van der Waals surface area contributed by atoms with Crippen molar-refractivity contribution < 1.29 is 14.3 Å². The van der Waals surface area contributed by atoms with Crippen LogP contribution in [0.25, 0.3) is 0 Å². The van der Waals surface area contributed by atoms with Crippen LogP contribution in [0.1, 0.15) is 31.2 Å². The largest absolute Gasteiger partial charge is 0.484 e. The van der Waals surface area contributed by atoms with Crippen molar-refractivity contribution >= 4 is 11.8 Å². The zero-order chi connectivity index (χ0) is 17.4. The molecule has 0 aliphatic carbocycles. The van der Waals surface area contributed by atoms with E-state index in [4.69, 9.17) is 4.74 Å². The summed E-state index contributed by atoms with van der Waals surface area (Å²) < 4.78 is 5.67. The number of aryl methyl sites for hydroxylation is 1. The number of piperidine rings is 3. The van der Waals surface area contributed by atoms with Gasteiger partial charge in [0.25, 0.3) is 5.91 Å². The Hall–Kier alpha value is -2.04. The molecule has 4 rings (SSSR count). The molecule has 0 spiro atoms. The molecule has 2 amide bonds. The van der Waals surface area contributed by atoms with Gasteiger partial charge < -0.3 is 14.5 Å². The van der Waals surface area contributed by atoms with E-state index in [1.54, 1.807) is 0 Å². The SMILES string of the molecule is Cc1ccc(OCC(=O)N2CC3CC(C2)C2CCCC(=O)N2C3)cc1. The predicted molar refractivity (Wildman–Crippen MR) is 94.2 cm³/mol. The van der Waals surface area contributed by atoms with Crippen LogP contribution >= 0.6 is 0 Å². The number of nitrogens with zero attached hydrogens (tertiary/aromatic N) is 2. The van der Waals surface area contributed by atoms with Crippen LogP contribution < -0.4 is 4.74 Å². The van der Waals surface area contributed by atoms with Crippen LogP contribution in [0.4, 0.5) is 0 Å². The molecule has 3 unspecified atom stereocenters. The maximum Gasteiger partial charge on any atom is 0.260 e. The van der Waals surface area contributed by atoms with Crippen LogP contribution in [0, 0.1) is 18.8 Å². The zero-order valence-corrected chi connectivity index (χ0v) is 14.8. The third kappa shape index (κ3) is 3.37. The molecule has 3 aliphatic rings. The first-order valence-electron chi connectivity index (χ1n) is 9.37. The van der Waals surface area contributed by atoms with E-state index >= 15 is 0 Å². The highest BCUT2D eigenvalue weighted by molar-refractivity contribution is 5.79. The maximum atomic E-state index is 12.6. The number of hydrogen-bond donors (Lipinski definition) is 0. The Morgan fingerprint density at radius 2 is 2.00 bits per heavy atom. The lowest BCUT2D eigenvalue weighted by Crippen LogP contribution is -2.61. The predicted octanol–water partition coefficient (Wildman–Crippen LogP) is 2.23. The van der Waals surface area contributed by atoms with Gasteiger partial charge in [-0.25, -0.2) is 0 Å². The summed E-state index contributed by atoms with van der Waals surface area (Å²) in [5.41, 5.74) is 1.18. The molecule has 3 atom stereocenters. The number of ether oxygens (including phenoxy) is 1. The fourth-order valence-corrected chi connectivity index (χ4v) is 4.68. The van der Waals surface area contributed by atoms with Crippen molar-refractivity contribution in [3.05, 3.63) is 29.8 Å². The van der Waals surface area contributed by atoms with Crippen molar-refractivity contribution in [2.24, 2.45) is 11.8 Å². The molecule has 0 N–H and O–H groups in total. The summed E-state index contributed by atoms with van der Waals surface area (Å²) in [5, 5.41) is 0. The van der Waals surface area contributed by atoms with Gasteiger partial charge in [0.2, 0.25) is 5.91 Å². The van der Waals surface area contributed by atoms with Gasteiger partial charge in [-0.15, -0.1) is 0 Å². The number of fused-ring (bicyclic) bond motifs is 4.